The summed E-state index contributed by atoms with van der Waals surface area (Å²) >= 11 is 1.49. The fraction of sp³-hybridized carbons (Fsp3) is 0.467. The fourth-order valence-electron chi connectivity index (χ4n) is 2.29. The van der Waals surface area contributed by atoms with Crippen LogP contribution >= 0.6 is 11.3 Å². The molecule has 0 unspecified atom stereocenters. The monoisotopic (exact) mass is 334 g/mol. The zero-order chi connectivity index (χ0) is 16.6. The highest BCUT2D eigenvalue weighted by Gasteiger charge is 2.29. The molecule has 3 rings (SSSR count). The molecule has 1 fully saturated rings. The molecular weight excluding hydrogens is 316 g/mol. The fourth-order valence-corrected chi connectivity index (χ4v) is 3.28. The Kier molecular flexibility index (Phi) is 4.16. The maximum atomic E-state index is 12.5. The number of thiophene rings is 1. The summed E-state index contributed by atoms with van der Waals surface area (Å²) < 4.78 is 1.43. The van der Waals surface area contributed by atoms with Crippen LogP contribution < -0.4 is 16.4 Å². The summed E-state index contributed by atoms with van der Waals surface area (Å²) in [6.45, 7) is 4.09. The first kappa shape index (κ1) is 15.7. The summed E-state index contributed by atoms with van der Waals surface area (Å²) in [5.41, 5.74) is 5.58. The van der Waals surface area contributed by atoms with Crippen molar-refractivity contribution in [2.75, 3.05) is 0 Å². The second-order valence-electron chi connectivity index (χ2n) is 5.77. The van der Waals surface area contributed by atoms with Crippen LogP contribution in [0, 0.1) is 19.8 Å². The van der Waals surface area contributed by atoms with Crippen molar-refractivity contribution in [3.05, 3.63) is 27.1 Å². The number of aromatic nitrogens is 2. The Balaban J connectivity index is 1.63. The van der Waals surface area contributed by atoms with E-state index in [2.05, 4.69) is 15.8 Å². The Labute approximate surface area is 136 Å². The number of fused-ring (bicyclic) bond motifs is 1. The number of hydrazine groups is 1. The van der Waals surface area contributed by atoms with Crippen molar-refractivity contribution in [3.63, 3.8) is 0 Å². The first-order chi connectivity index (χ1) is 11.0. The van der Waals surface area contributed by atoms with Gasteiger partial charge in [0.05, 0.1) is 11.7 Å². The van der Waals surface area contributed by atoms with E-state index in [-0.39, 0.29) is 36.3 Å². The second-order valence-corrected chi connectivity index (χ2v) is 6.97. The molecule has 2 aromatic rings. The first-order valence-corrected chi connectivity index (χ1v) is 8.33. The van der Waals surface area contributed by atoms with Gasteiger partial charge in [0, 0.05) is 23.8 Å². The van der Waals surface area contributed by atoms with Gasteiger partial charge in [-0.05, 0) is 32.3 Å². The molecule has 1 aliphatic carbocycles. The van der Waals surface area contributed by atoms with Crippen LogP contribution in [0.4, 0.5) is 0 Å². The molecular formula is C15H18N4O3S. The van der Waals surface area contributed by atoms with E-state index in [0.717, 1.165) is 28.1 Å². The van der Waals surface area contributed by atoms with E-state index in [4.69, 9.17) is 0 Å². The highest BCUT2D eigenvalue weighted by Crippen LogP contribution is 2.28. The van der Waals surface area contributed by atoms with Crippen LogP contribution in [0.5, 0.6) is 0 Å². The van der Waals surface area contributed by atoms with E-state index < -0.39 is 0 Å². The zero-order valence-corrected chi connectivity index (χ0v) is 13.8. The SMILES string of the molecule is Cc1sc2ncn(CCC(=O)NNC(=O)C3CC3)c(=O)c2c1C. The summed E-state index contributed by atoms with van der Waals surface area (Å²) in [5.74, 6) is -0.443. The van der Waals surface area contributed by atoms with Crippen molar-refractivity contribution >= 4 is 33.4 Å². The smallest absolute Gasteiger partial charge is 0.262 e. The van der Waals surface area contributed by atoms with E-state index in [0.29, 0.717) is 5.39 Å². The number of nitrogens with zero attached hydrogens (tertiary/aromatic N) is 2. The molecule has 23 heavy (non-hydrogen) atoms. The van der Waals surface area contributed by atoms with Crippen LogP contribution in [-0.2, 0) is 16.1 Å². The predicted molar refractivity (Wildman–Crippen MR) is 87.0 cm³/mol. The van der Waals surface area contributed by atoms with E-state index in [9.17, 15) is 14.4 Å². The molecule has 7 nitrogen and oxygen atoms in total. The van der Waals surface area contributed by atoms with Gasteiger partial charge in [-0.25, -0.2) is 4.98 Å². The normalized spacial score (nSPS) is 14.0. The highest BCUT2D eigenvalue weighted by molar-refractivity contribution is 7.18. The average molecular weight is 334 g/mol. The van der Waals surface area contributed by atoms with Gasteiger partial charge in [0.2, 0.25) is 11.8 Å². The van der Waals surface area contributed by atoms with Gasteiger partial charge >= 0.3 is 0 Å². The number of carbonyl (C=O) groups is 2. The minimum atomic E-state index is -0.329. The Morgan fingerprint density at radius 2 is 2.09 bits per heavy atom. The van der Waals surface area contributed by atoms with E-state index in [1.807, 2.05) is 13.8 Å². The molecule has 1 aliphatic rings. The van der Waals surface area contributed by atoms with Gasteiger partial charge in [0.1, 0.15) is 4.83 Å². The van der Waals surface area contributed by atoms with Gasteiger partial charge in [-0.1, -0.05) is 0 Å². The molecule has 1 saturated carbocycles. The minimum absolute atomic E-state index is 0.0364. The van der Waals surface area contributed by atoms with Crippen molar-refractivity contribution < 1.29 is 9.59 Å². The average Bonchev–Trinajstić information content (AvgIpc) is 3.32. The number of aryl methyl sites for hydroxylation is 3. The number of hydrogen-bond donors (Lipinski definition) is 2. The Bertz CT molecular complexity index is 835. The van der Waals surface area contributed by atoms with Crippen molar-refractivity contribution in [1.82, 2.24) is 20.4 Å². The number of carbonyl (C=O) groups excluding carboxylic acids is 2. The highest BCUT2D eigenvalue weighted by atomic mass is 32.1. The molecule has 0 aromatic carbocycles. The first-order valence-electron chi connectivity index (χ1n) is 7.51. The lowest BCUT2D eigenvalue weighted by Crippen LogP contribution is -2.42. The third-order valence-corrected chi connectivity index (χ3v) is 5.12. The lowest BCUT2D eigenvalue weighted by Gasteiger charge is -2.08. The minimum Gasteiger partial charge on any atom is -0.298 e. The maximum absolute atomic E-state index is 12.5. The molecule has 2 amide bonds. The number of amides is 2. The summed E-state index contributed by atoms with van der Waals surface area (Å²) in [4.78, 5) is 41.7. The lowest BCUT2D eigenvalue weighted by molar-refractivity contribution is -0.129. The quantitative estimate of drug-likeness (QED) is 0.817. The molecule has 0 spiro atoms. The topological polar surface area (TPSA) is 93.1 Å². The van der Waals surface area contributed by atoms with Crippen LogP contribution in [0.15, 0.2) is 11.1 Å². The molecule has 0 aliphatic heterocycles. The standard InChI is InChI=1S/C15H18N4O3S/c1-8-9(2)23-14-12(8)15(22)19(7-16-14)6-5-11(20)17-18-13(21)10-3-4-10/h7,10H,3-6H2,1-2H3,(H,17,20)(H,18,21). The van der Waals surface area contributed by atoms with Crippen LogP contribution in [-0.4, -0.2) is 21.4 Å². The van der Waals surface area contributed by atoms with E-state index >= 15 is 0 Å². The molecule has 122 valence electrons. The molecule has 0 radical (unpaired) electrons. The van der Waals surface area contributed by atoms with Crippen LogP contribution in [0.25, 0.3) is 10.2 Å². The third-order valence-electron chi connectivity index (χ3n) is 4.01. The predicted octanol–water partition coefficient (Wildman–Crippen LogP) is 1.02. The summed E-state index contributed by atoms with van der Waals surface area (Å²) in [7, 11) is 0. The summed E-state index contributed by atoms with van der Waals surface area (Å²) in [6, 6.07) is 0. The van der Waals surface area contributed by atoms with Gasteiger partial charge in [-0.15, -0.1) is 11.3 Å². The number of nitrogens with one attached hydrogen (secondary N) is 2. The second kappa shape index (κ2) is 6.11. The zero-order valence-electron chi connectivity index (χ0n) is 13.0. The number of rotatable bonds is 4. The van der Waals surface area contributed by atoms with Crippen LogP contribution in [0.3, 0.4) is 0 Å². The van der Waals surface area contributed by atoms with E-state index in [1.54, 1.807) is 0 Å². The van der Waals surface area contributed by atoms with Crippen LogP contribution in [0.2, 0.25) is 0 Å². The van der Waals surface area contributed by atoms with Crippen molar-refractivity contribution in [2.45, 2.75) is 39.7 Å². The molecule has 2 heterocycles. The third kappa shape index (κ3) is 3.26. The molecule has 2 aromatic heterocycles. The molecule has 8 heteroatoms. The lowest BCUT2D eigenvalue weighted by atomic mass is 10.2. The molecule has 2 N–H and O–H groups in total. The molecule has 0 saturated heterocycles. The Hall–Kier alpha value is -2.22. The molecule has 0 atom stereocenters. The Morgan fingerprint density at radius 1 is 1.35 bits per heavy atom. The van der Waals surface area contributed by atoms with Gasteiger partial charge in [-0.3, -0.25) is 29.8 Å². The number of hydrogen-bond acceptors (Lipinski definition) is 5. The van der Waals surface area contributed by atoms with Gasteiger partial charge in [-0.2, -0.15) is 0 Å². The van der Waals surface area contributed by atoms with Crippen LogP contribution in [0.1, 0.15) is 29.7 Å². The Morgan fingerprint density at radius 3 is 2.78 bits per heavy atom. The summed E-state index contributed by atoms with van der Waals surface area (Å²) in [5, 5.41) is 0.623. The van der Waals surface area contributed by atoms with Gasteiger partial charge < -0.3 is 0 Å². The summed E-state index contributed by atoms with van der Waals surface area (Å²) in [6.07, 6.45) is 3.32. The van der Waals surface area contributed by atoms with Crippen molar-refractivity contribution in [1.29, 1.82) is 0 Å². The van der Waals surface area contributed by atoms with Crippen molar-refractivity contribution in [2.24, 2.45) is 5.92 Å². The van der Waals surface area contributed by atoms with E-state index in [1.165, 1.54) is 22.2 Å². The van der Waals surface area contributed by atoms with Crippen molar-refractivity contribution in [3.8, 4) is 0 Å². The maximum Gasteiger partial charge on any atom is 0.262 e. The molecule has 0 bridgehead atoms. The van der Waals surface area contributed by atoms with Gasteiger partial charge in [0.25, 0.3) is 5.56 Å². The van der Waals surface area contributed by atoms with Gasteiger partial charge in [0.15, 0.2) is 0 Å². The largest absolute Gasteiger partial charge is 0.298 e.